The minimum atomic E-state index is -4.60. The van der Waals surface area contributed by atoms with E-state index in [1.165, 1.54) is 16.7 Å². The highest BCUT2D eigenvalue weighted by molar-refractivity contribution is 5.85. The fraction of sp³-hybridized carbons (Fsp3) is 0.444. The predicted molar refractivity (Wildman–Crippen MR) is 94.6 cm³/mol. The molecule has 0 atom stereocenters. The van der Waals surface area contributed by atoms with Gasteiger partial charge in [-0.15, -0.1) is 0 Å². The number of hydrogen-bond donors (Lipinski definition) is 2. The first-order valence-electron chi connectivity index (χ1n) is 8.83. The Kier molecular flexibility index (Phi) is 5.39. The molecule has 0 saturated carbocycles. The quantitative estimate of drug-likeness (QED) is 0.590. The molecular weight excluding hydrogens is 379 g/mol. The maximum atomic E-state index is 13.0. The summed E-state index contributed by atoms with van der Waals surface area (Å²) in [6.07, 6.45) is -3.03. The lowest BCUT2D eigenvalue weighted by atomic mass is 10.0. The van der Waals surface area contributed by atoms with Gasteiger partial charge in [-0.05, 0) is 31.9 Å². The maximum absolute atomic E-state index is 13.0. The number of nitrogens with zero attached hydrogens (tertiary/aromatic N) is 2. The Morgan fingerprint density at radius 3 is 2.71 bits per heavy atom. The number of imidazole rings is 1. The summed E-state index contributed by atoms with van der Waals surface area (Å²) < 4.78 is 51.0. The number of benzene rings is 1. The van der Waals surface area contributed by atoms with Gasteiger partial charge in [-0.3, -0.25) is 4.57 Å². The van der Waals surface area contributed by atoms with Crippen molar-refractivity contribution in [2.24, 2.45) is 0 Å². The molecule has 7 nitrogen and oxygen atoms in total. The summed E-state index contributed by atoms with van der Waals surface area (Å²) in [5.41, 5.74) is -0.483. The van der Waals surface area contributed by atoms with E-state index >= 15 is 0 Å². The van der Waals surface area contributed by atoms with Crippen LogP contribution in [0.25, 0.3) is 11.0 Å². The van der Waals surface area contributed by atoms with Crippen LogP contribution in [0.4, 0.5) is 13.2 Å². The van der Waals surface area contributed by atoms with Gasteiger partial charge in [-0.2, -0.15) is 13.2 Å². The lowest BCUT2D eigenvalue weighted by molar-refractivity contribution is -0.141. The number of fused-ring (bicyclic) bond motifs is 1. The van der Waals surface area contributed by atoms with E-state index in [-0.39, 0.29) is 30.0 Å². The Bertz CT molecular complexity index is 1030. The Balaban J connectivity index is 1.77. The Labute approximate surface area is 157 Å². The van der Waals surface area contributed by atoms with Gasteiger partial charge in [0, 0.05) is 12.1 Å². The van der Waals surface area contributed by atoms with Crippen molar-refractivity contribution in [3.8, 4) is 11.6 Å². The minimum absolute atomic E-state index is 0.0711. The molecule has 28 heavy (non-hydrogen) atoms. The zero-order chi connectivity index (χ0) is 20.5. The summed E-state index contributed by atoms with van der Waals surface area (Å²) in [7, 11) is 0. The number of nitrogens with one attached hydrogen (secondary N) is 1. The van der Waals surface area contributed by atoms with E-state index in [1.807, 2.05) is 6.92 Å². The van der Waals surface area contributed by atoms with E-state index in [0.717, 1.165) is 0 Å². The molecule has 0 saturated heterocycles. The number of aromatic hydroxyl groups is 1. The Morgan fingerprint density at radius 1 is 1.36 bits per heavy atom. The fourth-order valence-electron chi connectivity index (χ4n) is 3.06. The molecule has 0 amide bonds. The van der Waals surface area contributed by atoms with Crippen LogP contribution < -0.4 is 10.4 Å². The topological polar surface area (TPSA) is 93.3 Å². The van der Waals surface area contributed by atoms with Gasteiger partial charge in [0.25, 0.3) is 0 Å². The lowest BCUT2D eigenvalue weighted by Gasteiger charge is -2.12. The van der Waals surface area contributed by atoms with Crippen molar-refractivity contribution >= 4 is 11.0 Å². The number of aromatic nitrogens is 3. The van der Waals surface area contributed by atoms with Crippen LogP contribution in [0.3, 0.4) is 0 Å². The maximum Gasteiger partial charge on any atom is 0.437 e. The Morgan fingerprint density at radius 2 is 2.11 bits per heavy atom. The zero-order valence-corrected chi connectivity index (χ0v) is 15.4. The summed E-state index contributed by atoms with van der Waals surface area (Å²) in [6, 6.07) is 2.76. The summed E-state index contributed by atoms with van der Waals surface area (Å²) in [5.74, 6) is 0.292. The van der Waals surface area contributed by atoms with Crippen LogP contribution in [-0.4, -0.2) is 26.4 Å². The normalized spacial score (nSPS) is 12.0. The van der Waals surface area contributed by atoms with Crippen LogP contribution in [0.2, 0.25) is 0 Å². The smallest absolute Gasteiger partial charge is 0.437 e. The van der Waals surface area contributed by atoms with Crippen molar-refractivity contribution in [3.05, 3.63) is 39.6 Å². The summed E-state index contributed by atoms with van der Waals surface area (Å²) in [4.78, 5) is 14.2. The first-order valence-corrected chi connectivity index (χ1v) is 8.83. The Hall–Kier alpha value is -2.91. The molecule has 0 fully saturated rings. The summed E-state index contributed by atoms with van der Waals surface area (Å²) in [5, 5.41) is 12.9. The van der Waals surface area contributed by atoms with Crippen LogP contribution in [0, 0.1) is 6.92 Å². The third-order valence-corrected chi connectivity index (χ3v) is 4.38. The number of alkyl halides is 3. The molecule has 0 radical (unpaired) electrons. The molecule has 0 unspecified atom stereocenters. The zero-order valence-electron chi connectivity index (χ0n) is 15.4. The molecule has 2 aromatic heterocycles. The molecule has 0 aliphatic rings. The van der Waals surface area contributed by atoms with Gasteiger partial charge >= 0.3 is 11.9 Å². The number of ether oxygens (including phenoxy) is 1. The second-order valence-corrected chi connectivity index (χ2v) is 6.43. The van der Waals surface area contributed by atoms with Crippen molar-refractivity contribution in [1.82, 2.24) is 14.7 Å². The van der Waals surface area contributed by atoms with Gasteiger partial charge in [0.1, 0.15) is 5.75 Å². The van der Waals surface area contributed by atoms with Crippen LogP contribution in [0.15, 0.2) is 21.5 Å². The molecule has 2 heterocycles. The number of halogens is 3. The number of hydrogen-bond acceptors (Lipinski definition) is 5. The summed E-state index contributed by atoms with van der Waals surface area (Å²) >= 11 is 0. The minimum Gasteiger partial charge on any atom is -0.493 e. The van der Waals surface area contributed by atoms with Gasteiger partial charge < -0.3 is 19.4 Å². The van der Waals surface area contributed by atoms with E-state index in [1.54, 1.807) is 6.92 Å². The monoisotopic (exact) mass is 399 g/mol. The fourth-order valence-corrected chi connectivity index (χ4v) is 3.06. The van der Waals surface area contributed by atoms with E-state index in [4.69, 9.17) is 9.26 Å². The second kappa shape index (κ2) is 7.61. The molecule has 0 aliphatic heterocycles. The first-order chi connectivity index (χ1) is 13.2. The third-order valence-electron chi connectivity index (χ3n) is 4.38. The molecule has 152 valence electrons. The largest absolute Gasteiger partial charge is 0.493 e. The van der Waals surface area contributed by atoms with Crippen molar-refractivity contribution in [1.29, 1.82) is 0 Å². The molecule has 10 heteroatoms. The molecular formula is C18H20F3N3O4. The molecule has 2 N–H and O–H groups in total. The van der Waals surface area contributed by atoms with Crippen molar-refractivity contribution in [2.75, 3.05) is 6.61 Å². The van der Waals surface area contributed by atoms with Gasteiger partial charge in [-0.25, -0.2) is 4.79 Å². The lowest BCUT2D eigenvalue weighted by Crippen LogP contribution is -2.18. The molecule has 0 spiro atoms. The van der Waals surface area contributed by atoms with Crippen LogP contribution in [-0.2, 0) is 19.1 Å². The van der Waals surface area contributed by atoms with Gasteiger partial charge in [-0.1, -0.05) is 18.5 Å². The first kappa shape index (κ1) is 19.8. The molecule has 3 aromatic rings. The highest BCUT2D eigenvalue weighted by Gasteiger charge is 2.37. The summed E-state index contributed by atoms with van der Waals surface area (Å²) in [6.45, 7) is 3.93. The van der Waals surface area contributed by atoms with Gasteiger partial charge in [0.15, 0.2) is 11.3 Å². The number of aromatic amines is 1. The van der Waals surface area contributed by atoms with Crippen LogP contribution in [0.1, 0.15) is 36.7 Å². The molecule has 1 aromatic carbocycles. The average molecular weight is 399 g/mol. The van der Waals surface area contributed by atoms with E-state index in [0.29, 0.717) is 36.3 Å². The number of aryl methyl sites for hydroxylation is 2. The predicted octanol–water partition coefficient (Wildman–Crippen LogP) is 3.77. The van der Waals surface area contributed by atoms with Crippen molar-refractivity contribution in [2.45, 2.75) is 45.8 Å². The van der Waals surface area contributed by atoms with Crippen LogP contribution >= 0.6 is 0 Å². The van der Waals surface area contributed by atoms with Crippen LogP contribution in [0.5, 0.6) is 11.6 Å². The number of H-pyrrole nitrogens is 1. The highest BCUT2D eigenvalue weighted by atomic mass is 19.4. The molecule has 3 rings (SSSR count). The van der Waals surface area contributed by atoms with E-state index < -0.39 is 17.6 Å². The molecule has 0 aliphatic carbocycles. The number of rotatable bonds is 7. The highest BCUT2D eigenvalue weighted by Crippen LogP contribution is 2.38. The van der Waals surface area contributed by atoms with Crippen molar-refractivity contribution in [3.63, 3.8) is 0 Å². The third kappa shape index (κ3) is 3.71. The molecule has 0 bridgehead atoms. The second-order valence-electron chi connectivity index (χ2n) is 6.43. The van der Waals surface area contributed by atoms with Gasteiger partial charge in [0.05, 0.1) is 17.7 Å². The SMILES string of the molecule is CCCc1c(OCCCn2c(O)c(C)[nH]c2=O)ccc2c(C(F)(F)F)noc12. The van der Waals surface area contributed by atoms with E-state index in [2.05, 4.69) is 10.1 Å². The standard InChI is InChI=1S/C18H20F3N3O4/c1-3-5-11-13(7-6-12-14(11)28-23-15(12)18(19,20)21)27-9-4-8-24-16(25)10(2)22-17(24)26/h6-7,25H,3-5,8-9H2,1-2H3,(H,22,26). The van der Waals surface area contributed by atoms with Gasteiger partial charge in [0.2, 0.25) is 5.88 Å². The average Bonchev–Trinajstić information content (AvgIpc) is 3.16. The van der Waals surface area contributed by atoms with E-state index in [9.17, 15) is 23.1 Å². The van der Waals surface area contributed by atoms with Crippen molar-refractivity contribution < 1.29 is 27.5 Å².